The Morgan fingerprint density at radius 2 is 1.09 bits per heavy atom. The number of hydrogen-bond acceptors (Lipinski definition) is 2. The quantitative estimate of drug-likeness (QED) is 0.189. The van der Waals surface area contributed by atoms with Crippen LogP contribution >= 0.6 is 0 Å². The highest BCUT2D eigenvalue weighted by Crippen LogP contribution is 2.17. The van der Waals surface area contributed by atoms with Gasteiger partial charge < -0.3 is 0 Å². The lowest BCUT2D eigenvalue weighted by atomic mass is 10.0. The molecule has 192 valence electrons. The predicted octanol–water partition coefficient (Wildman–Crippen LogP) is 9.26. The van der Waals surface area contributed by atoms with Gasteiger partial charge in [-0.05, 0) is 49.4 Å². The molecule has 2 aromatic rings. The minimum absolute atomic E-state index is 0.0116. The fourth-order valence-electron chi connectivity index (χ4n) is 4.17. The first-order valence-electron chi connectivity index (χ1n) is 13.4. The Bertz CT molecular complexity index is 860. The minimum Gasteiger partial charge on any atom is -0.282 e. The summed E-state index contributed by atoms with van der Waals surface area (Å²) in [5.74, 6) is 0. The second-order valence-corrected chi connectivity index (χ2v) is 10.9. The smallest absolute Gasteiger partial charge is 0.282 e. The Labute approximate surface area is 210 Å². The van der Waals surface area contributed by atoms with Crippen molar-refractivity contribution in [2.45, 2.75) is 122 Å². The van der Waals surface area contributed by atoms with Crippen LogP contribution in [0.1, 0.15) is 114 Å². The molecule has 0 amide bonds. The van der Waals surface area contributed by atoms with Crippen molar-refractivity contribution in [2.75, 3.05) is 0 Å². The largest absolute Gasteiger partial charge is 0.294 e. The summed E-state index contributed by atoms with van der Waals surface area (Å²) in [5.41, 5.74) is 2.95. The summed E-state index contributed by atoms with van der Waals surface area (Å²) >= 11 is 0. The molecule has 0 unspecified atom stereocenters. The van der Waals surface area contributed by atoms with Gasteiger partial charge in [-0.2, -0.15) is 8.42 Å². The lowest BCUT2D eigenvalue weighted by Gasteiger charge is -2.03. The molecule has 0 radical (unpaired) electrons. The van der Waals surface area contributed by atoms with Gasteiger partial charge in [0.25, 0.3) is 10.1 Å². The minimum atomic E-state index is -4.06. The summed E-state index contributed by atoms with van der Waals surface area (Å²) < 4.78 is 30.3. The van der Waals surface area contributed by atoms with Crippen molar-refractivity contribution in [1.29, 1.82) is 0 Å². The molecule has 34 heavy (non-hydrogen) atoms. The fourth-order valence-corrected chi connectivity index (χ4v) is 4.97. The summed E-state index contributed by atoms with van der Waals surface area (Å²) in [5, 5.41) is 0. The van der Waals surface area contributed by atoms with Gasteiger partial charge >= 0.3 is 0 Å². The Hall–Kier alpha value is -1.65. The fraction of sp³-hybridized carbons (Fsp3) is 0.600. The van der Waals surface area contributed by atoms with Crippen LogP contribution in [0.25, 0.3) is 0 Å². The van der Waals surface area contributed by atoms with Crippen molar-refractivity contribution in [3.63, 3.8) is 0 Å². The molecule has 2 aromatic carbocycles. The van der Waals surface area contributed by atoms with Crippen LogP contribution in [0.4, 0.5) is 0 Å². The maximum atomic E-state index is 10.8. The Balaban J connectivity index is 0.000000404. The van der Waals surface area contributed by atoms with Gasteiger partial charge in [0.15, 0.2) is 0 Å². The number of rotatable bonds is 16. The monoisotopic (exact) mass is 488 g/mol. The molecule has 0 heterocycles. The van der Waals surface area contributed by atoms with E-state index in [-0.39, 0.29) is 4.90 Å². The molecule has 0 fully saturated rings. The van der Waals surface area contributed by atoms with Crippen LogP contribution in [-0.2, 0) is 16.5 Å². The standard InChI is InChI=1S/C22H38.C8H10O3S/c1-2-3-4-5-6-7-8-9-10-11-12-13-14-16-19-22-20-17-15-18-21-22;1-6-4-3-5-8(7(6)2)12(9,10)11/h15,17-18,20-21H,2-14,16,19H2,1H3;3-5H,1-2H3,(H,9,10,11). The Morgan fingerprint density at radius 1 is 0.618 bits per heavy atom. The number of hydrogen-bond donors (Lipinski definition) is 1. The van der Waals surface area contributed by atoms with Gasteiger partial charge in [0.2, 0.25) is 0 Å². The predicted molar refractivity (Wildman–Crippen MR) is 146 cm³/mol. The van der Waals surface area contributed by atoms with E-state index in [2.05, 4.69) is 37.3 Å². The zero-order valence-corrected chi connectivity index (χ0v) is 22.7. The molecule has 0 spiro atoms. The van der Waals surface area contributed by atoms with Crippen LogP contribution in [0.5, 0.6) is 0 Å². The van der Waals surface area contributed by atoms with E-state index in [1.54, 1.807) is 26.0 Å². The summed E-state index contributed by atoms with van der Waals surface area (Å²) in [4.78, 5) is -0.0116. The molecule has 3 nitrogen and oxygen atoms in total. The van der Waals surface area contributed by atoms with E-state index in [0.29, 0.717) is 5.56 Å². The van der Waals surface area contributed by atoms with Crippen LogP contribution in [0.15, 0.2) is 53.4 Å². The van der Waals surface area contributed by atoms with Gasteiger partial charge in [-0.3, -0.25) is 4.55 Å². The Kier molecular flexibility index (Phi) is 16.7. The highest BCUT2D eigenvalue weighted by Gasteiger charge is 2.12. The highest BCUT2D eigenvalue weighted by molar-refractivity contribution is 7.85. The first-order valence-corrected chi connectivity index (χ1v) is 14.9. The average molecular weight is 489 g/mol. The van der Waals surface area contributed by atoms with Gasteiger partial charge in [0.1, 0.15) is 0 Å². The van der Waals surface area contributed by atoms with Gasteiger partial charge in [-0.1, -0.05) is 133 Å². The first-order chi connectivity index (χ1) is 16.4. The molecule has 0 saturated heterocycles. The van der Waals surface area contributed by atoms with E-state index in [9.17, 15) is 8.42 Å². The second kappa shape index (κ2) is 18.6. The zero-order valence-electron chi connectivity index (χ0n) is 21.9. The van der Waals surface area contributed by atoms with E-state index in [4.69, 9.17) is 4.55 Å². The zero-order chi connectivity index (χ0) is 25.1. The van der Waals surface area contributed by atoms with E-state index in [0.717, 1.165) is 5.56 Å². The van der Waals surface area contributed by atoms with E-state index >= 15 is 0 Å². The SMILES string of the molecule is CCCCCCCCCCCCCCCCc1ccccc1.Cc1cccc(S(=O)(=O)O)c1C. The maximum absolute atomic E-state index is 10.8. The van der Waals surface area contributed by atoms with Crippen LogP contribution in [0.3, 0.4) is 0 Å². The van der Waals surface area contributed by atoms with Crippen molar-refractivity contribution in [2.24, 2.45) is 0 Å². The molecular weight excluding hydrogens is 440 g/mol. The summed E-state index contributed by atoms with van der Waals surface area (Å²) in [6.45, 7) is 5.75. The molecule has 0 atom stereocenters. The molecule has 4 heteroatoms. The van der Waals surface area contributed by atoms with Gasteiger partial charge in [-0.25, -0.2) is 0 Å². The van der Waals surface area contributed by atoms with E-state index < -0.39 is 10.1 Å². The summed E-state index contributed by atoms with van der Waals surface area (Å²) in [7, 11) is -4.06. The molecule has 0 aliphatic heterocycles. The normalized spacial score (nSPS) is 11.2. The lowest BCUT2D eigenvalue weighted by Crippen LogP contribution is -2.01. The number of unbranched alkanes of at least 4 members (excludes halogenated alkanes) is 13. The third-order valence-electron chi connectivity index (χ3n) is 6.49. The lowest BCUT2D eigenvalue weighted by molar-refractivity contribution is 0.482. The molecule has 0 saturated carbocycles. The summed E-state index contributed by atoms with van der Waals surface area (Å²) in [6, 6.07) is 15.7. The third kappa shape index (κ3) is 14.6. The summed E-state index contributed by atoms with van der Waals surface area (Å²) in [6.07, 6.45) is 21.5. The van der Waals surface area contributed by atoms with E-state index in [1.165, 1.54) is 108 Å². The molecule has 0 aliphatic rings. The number of benzene rings is 2. The van der Waals surface area contributed by atoms with Crippen molar-refractivity contribution >= 4 is 10.1 Å². The van der Waals surface area contributed by atoms with Gasteiger partial charge in [0, 0.05) is 0 Å². The first kappa shape index (κ1) is 30.4. The average Bonchev–Trinajstić information content (AvgIpc) is 2.81. The third-order valence-corrected chi connectivity index (χ3v) is 7.49. The molecule has 0 bridgehead atoms. The van der Waals surface area contributed by atoms with Crippen molar-refractivity contribution in [3.8, 4) is 0 Å². The number of aryl methyl sites for hydroxylation is 2. The van der Waals surface area contributed by atoms with E-state index in [1.807, 2.05) is 0 Å². The van der Waals surface area contributed by atoms with Crippen molar-refractivity contribution < 1.29 is 13.0 Å². The van der Waals surface area contributed by atoms with Crippen LogP contribution in [0, 0.1) is 13.8 Å². The maximum Gasteiger partial charge on any atom is 0.294 e. The van der Waals surface area contributed by atoms with Crippen molar-refractivity contribution in [3.05, 3.63) is 65.2 Å². The molecule has 2 rings (SSSR count). The van der Waals surface area contributed by atoms with Gasteiger partial charge in [-0.15, -0.1) is 0 Å². The van der Waals surface area contributed by atoms with Crippen LogP contribution in [-0.4, -0.2) is 13.0 Å². The topological polar surface area (TPSA) is 54.4 Å². The second-order valence-electron chi connectivity index (χ2n) is 9.50. The molecule has 1 N–H and O–H groups in total. The highest BCUT2D eigenvalue weighted by atomic mass is 32.2. The molecule has 0 aliphatic carbocycles. The van der Waals surface area contributed by atoms with Crippen LogP contribution in [0.2, 0.25) is 0 Å². The Morgan fingerprint density at radius 3 is 1.53 bits per heavy atom. The molecular formula is C30H48O3S. The van der Waals surface area contributed by atoms with Gasteiger partial charge in [0.05, 0.1) is 4.90 Å². The van der Waals surface area contributed by atoms with Crippen molar-refractivity contribution in [1.82, 2.24) is 0 Å². The molecule has 0 aromatic heterocycles. The van der Waals surface area contributed by atoms with Crippen LogP contribution < -0.4 is 0 Å².